The molecule has 0 fully saturated rings. The summed E-state index contributed by atoms with van der Waals surface area (Å²) in [6, 6.07) is 5.32. The quantitative estimate of drug-likeness (QED) is 0.844. The lowest BCUT2D eigenvalue weighted by molar-refractivity contribution is -0.153. The fourth-order valence-corrected chi connectivity index (χ4v) is 2.28. The molecule has 114 valence electrons. The molecular formula is C15H18ClNO4. The van der Waals surface area contributed by atoms with E-state index >= 15 is 0 Å². The number of benzene rings is 1. The highest BCUT2D eigenvalue weighted by Gasteiger charge is 2.27. The number of hydrogen-bond acceptors (Lipinski definition) is 4. The third-order valence-electron chi connectivity index (χ3n) is 3.18. The van der Waals surface area contributed by atoms with Crippen molar-refractivity contribution in [2.24, 2.45) is 5.92 Å². The van der Waals surface area contributed by atoms with E-state index in [1.165, 1.54) is 0 Å². The molecule has 1 amide bonds. The minimum absolute atomic E-state index is 0.252. The molecule has 0 aromatic heterocycles. The van der Waals surface area contributed by atoms with Gasteiger partial charge in [0.25, 0.3) is 5.91 Å². The van der Waals surface area contributed by atoms with Crippen LogP contribution in [0.2, 0.25) is 5.02 Å². The van der Waals surface area contributed by atoms with E-state index in [-0.39, 0.29) is 19.1 Å². The number of carbonyl (C=O) groups excluding carboxylic acids is 2. The second-order valence-corrected chi connectivity index (χ2v) is 5.36. The number of amides is 1. The SMILES string of the molecule is CCCNC(=O)COC(=O)[C@@H]1COc2ccc(Cl)cc2C1. The predicted molar refractivity (Wildman–Crippen MR) is 78.4 cm³/mol. The first kappa shape index (κ1) is 15.6. The van der Waals surface area contributed by atoms with Crippen molar-refractivity contribution in [2.45, 2.75) is 19.8 Å². The molecule has 1 heterocycles. The molecule has 21 heavy (non-hydrogen) atoms. The molecule has 1 N–H and O–H groups in total. The highest BCUT2D eigenvalue weighted by Crippen LogP contribution is 2.30. The van der Waals surface area contributed by atoms with E-state index in [0.717, 1.165) is 17.7 Å². The zero-order valence-electron chi connectivity index (χ0n) is 11.9. The van der Waals surface area contributed by atoms with E-state index in [1.807, 2.05) is 6.92 Å². The van der Waals surface area contributed by atoms with Crippen LogP contribution in [0.25, 0.3) is 0 Å². The average molecular weight is 312 g/mol. The van der Waals surface area contributed by atoms with Gasteiger partial charge in [0.15, 0.2) is 6.61 Å². The smallest absolute Gasteiger partial charge is 0.313 e. The Hall–Kier alpha value is -1.75. The van der Waals surface area contributed by atoms with Crippen LogP contribution in [-0.2, 0) is 20.7 Å². The standard InChI is InChI=1S/C15H18ClNO4/c1-2-5-17-14(18)9-21-15(19)11-6-10-7-12(16)3-4-13(10)20-8-11/h3-4,7,11H,2,5-6,8-9H2,1H3,(H,17,18)/t11-/m0/s1. The Labute approximate surface area is 128 Å². The largest absolute Gasteiger partial charge is 0.492 e. The molecule has 1 aromatic rings. The molecule has 5 nitrogen and oxygen atoms in total. The molecule has 0 unspecified atom stereocenters. The summed E-state index contributed by atoms with van der Waals surface area (Å²) in [5.74, 6) is -0.378. The minimum atomic E-state index is -0.424. The molecule has 0 saturated heterocycles. The first-order valence-electron chi connectivity index (χ1n) is 6.94. The topological polar surface area (TPSA) is 64.6 Å². The number of rotatable bonds is 5. The molecule has 0 saturated carbocycles. The highest BCUT2D eigenvalue weighted by atomic mass is 35.5. The third kappa shape index (κ3) is 4.36. The van der Waals surface area contributed by atoms with Crippen LogP contribution in [0.4, 0.5) is 0 Å². The number of ether oxygens (including phenoxy) is 2. The Morgan fingerprint density at radius 2 is 2.29 bits per heavy atom. The zero-order chi connectivity index (χ0) is 15.2. The van der Waals surface area contributed by atoms with Gasteiger partial charge in [0, 0.05) is 11.6 Å². The van der Waals surface area contributed by atoms with Gasteiger partial charge in [-0.1, -0.05) is 18.5 Å². The van der Waals surface area contributed by atoms with Crippen LogP contribution in [0.15, 0.2) is 18.2 Å². The van der Waals surface area contributed by atoms with Gasteiger partial charge < -0.3 is 14.8 Å². The van der Waals surface area contributed by atoms with Gasteiger partial charge in [0.05, 0.1) is 5.92 Å². The summed E-state index contributed by atoms with van der Waals surface area (Å²) in [6.45, 7) is 2.53. The summed E-state index contributed by atoms with van der Waals surface area (Å²) in [5, 5.41) is 3.25. The Kier molecular flexibility index (Phi) is 5.44. The number of hydrogen-bond donors (Lipinski definition) is 1. The molecule has 0 radical (unpaired) electrons. The van der Waals surface area contributed by atoms with E-state index < -0.39 is 11.9 Å². The Bertz CT molecular complexity index is 532. The van der Waals surface area contributed by atoms with Gasteiger partial charge in [-0.2, -0.15) is 0 Å². The molecule has 6 heteroatoms. The second kappa shape index (κ2) is 7.31. The molecule has 0 bridgehead atoms. The van der Waals surface area contributed by atoms with Crippen LogP contribution in [0.5, 0.6) is 5.75 Å². The first-order chi connectivity index (χ1) is 10.1. The molecular weight excluding hydrogens is 294 g/mol. The van der Waals surface area contributed by atoms with Crippen molar-refractivity contribution >= 4 is 23.5 Å². The summed E-state index contributed by atoms with van der Waals surface area (Å²) in [6.07, 6.45) is 1.35. The van der Waals surface area contributed by atoms with Gasteiger partial charge >= 0.3 is 5.97 Å². The first-order valence-corrected chi connectivity index (χ1v) is 7.32. The zero-order valence-corrected chi connectivity index (χ0v) is 12.6. The number of carbonyl (C=O) groups is 2. The fraction of sp³-hybridized carbons (Fsp3) is 0.467. The molecule has 0 spiro atoms. The molecule has 0 aliphatic carbocycles. The summed E-state index contributed by atoms with van der Waals surface area (Å²) in [5.41, 5.74) is 0.881. The van der Waals surface area contributed by atoms with Gasteiger partial charge in [-0.15, -0.1) is 0 Å². The molecule has 1 atom stereocenters. The fourth-order valence-electron chi connectivity index (χ4n) is 2.08. The predicted octanol–water partition coefficient (Wildman–Crippen LogP) is 1.96. The normalized spacial score (nSPS) is 16.6. The van der Waals surface area contributed by atoms with E-state index in [4.69, 9.17) is 21.1 Å². The Morgan fingerprint density at radius 3 is 3.05 bits per heavy atom. The molecule has 1 aromatic carbocycles. The third-order valence-corrected chi connectivity index (χ3v) is 3.41. The van der Waals surface area contributed by atoms with Crippen molar-refractivity contribution < 1.29 is 19.1 Å². The number of nitrogens with one attached hydrogen (secondary N) is 1. The number of halogens is 1. The Balaban J connectivity index is 1.86. The van der Waals surface area contributed by atoms with Gasteiger partial charge in [-0.3, -0.25) is 9.59 Å². The molecule has 1 aliphatic rings. The van der Waals surface area contributed by atoms with Crippen molar-refractivity contribution in [1.82, 2.24) is 5.32 Å². The maximum atomic E-state index is 12.0. The lowest BCUT2D eigenvalue weighted by Crippen LogP contribution is -2.34. The van der Waals surface area contributed by atoms with E-state index in [9.17, 15) is 9.59 Å². The van der Waals surface area contributed by atoms with Gasteiger partial charge in [-0.05, 0) is 36.6 Å². The van der Waals surface area contributed by atoms with Crippen molar-refractivity contribution in [2.75, 3.05) is 19.8 Å². The maximum absolute atomic E-state index is 12.0. The summed E-state index contributed by atoms with van der Waals surface area (Å²) >= 11 is 5.93. The van der Waals surface area contributed by atoms with Gasteiger partial charge in [0.2, 0.25) is 0 Å². The monoisotopic (exact) mass is 311 g/mol. The highest BCUT2D eigenvalue weighted by molar-refractivity contribution is 6.30. The summed E-state index contributed by atoms with van der Waals surface area (Å²) in [7, 11) is 0. The van der Waals surface area contributed by atoms with Crippen LogP contribution in [0.1, 0.15) is 18.9 Å². The maximum Gasteiger partial charge on any atom is 0.313 e. The number of fused-ring (bicyclic) bond motifs is 1. The van der Waals surface area contributed by atoms with E-state index in [2.05, 4.69) is 5.32 Å². The van der Waals surface area contributed by atoms with Crippen molar-refractivity contribution in [3.05, 3.63) is 28.8 Å². The second-order valence-electron chi connectivity index (χ2n) is 4.92. The van der Waals surface area contributed by atoms with Crippen LogP contribution in [0, 0.1) is 5.92 Å². The van der Waals surface area contributed by atoms with Crippen molar-refractivity contribution in [1.29, 1.82) is 0 Å². The van der Waals surface area contributed by atoms with Crippen LogP contribution in [-0.4, -0.2) is 31.6 Å². The van der Waals surface area contributed by atoms with Gasteiger partial charge in [0.1, 0.15) is 12.4 Å². The minimum Gasteiger partial charge on any atom is -0.492 e. The van der Waals surface area contributed by atoms with E-state index in [1.54, 1.807) is 18.2 Å². The Morgan fingerprint density at radius 1 is 1.48 bits per heavy atom. The summed E-state index contributed by atoms with van der Waals surface area (Å²) in [4.78, 5) is 23.4. The lowest BCUT2D eigenvalue weighted by atomic mass is 9.97. The van der Waals surface area contributed by atoms with E-state index in [0.29, 0.717) is 18.0 Å². The number of esters is 1. The molecule has 1 aliphatic heterocycles. The molecule has 2 rings (SSSR count). The average Bonchev–Trinajstić information content (AvgIpc) is 2.49. The van der Waals surface area contributed by atoms with Crippen LogP contribution >= 0.6 is 11.6 Å². The lowest BCUT2D eigenvalue weighted by Gasteiger charge is -2.24. The van der Waals surface area contributed by atoms with Crippen molar-refractivity contribution in [3.63, 3.8) is 0 Å². The van der Waals surface area contributed by atoms with Crippen molar-refractivity contribution in [3.8, 4) is 5.75 Å². The summed E-state index contributed by atoms with van der Waals surface area (Å²) < 4.78 is 10.5. The van der Waals surface area contributed by atoms with Gasteiger partial charge in [-0.25, -0.2) is 0 Å². The van der Waals surface area contributed by atoms with Crippen LogP contribution < -0.4 is 10.1 Å². The van der Waals surface area contributed by atoms with Crippen LogP contribution in [0.3, 0.4) is 0 Å².